The lowest BCUT2D eigenvalue weighted by Gasteiger charge is -2.34. The predicted octanol–water partition coefficient (Wildman–Crippen LogP) is 1.81. The van der Waals surface area contributed by atoms with Gasteiger partial charge in [-0.3, -0.25) is 14.5 Å². The van der Waals surface area contributed by atoms with Crippen LogP contribution in [-0.4, -0.2) is 73.5 Å². The second-order valence-electron chi connectivity index (χ2n) is 6.99. The van der Waals surface area contributed by atoms with Gasteiger partial charge < -0.3 is 20.7 Å². The lowest BCUT2D eigenvalue weighted by Crippen LogP contribution is -2.53. The van der Waals surface area contributed by atoms with Crippen molar-refractivity contribution in [3.63, 3.8) is 0 Å². The molecule has 10 heteroatoms. The second kappa shape index (κ2) is 13.9. The molecule has 1 aromatic rings. The minimum Gasteiger partial charge on any atom is -0.491 e. The molecule has 0 aliphatic carbocycles. The number of benzene rings is 1. The van der Waals surface area contributed by atoms with E-state index in [2.05, 4.69) is 10.2 Å². The Morgan fingerprint density at radius 3 is 2.38 bits per heavy atom. The van der Waals surface area contributed by atoms with Gasteiger partial charge in [-0.15, -0.1) is 24.8 Å². The van der Waals surface area contributed by atoms with Gasteiger partial charge in [0, 0.05) is 32.7 Å². The van der Waals surface area contributed by atoms with E-state index in [4.69, 9.17) is 22.1 Å². The van der Waals surface area contributed by atoms with Gasteiger partial charge in [0.1, 0.15) is 12.4 Å². The predicted molar refractivity (Wildman–Crippen MR) is 120 cm³/mol. The Bertz CT molecular complexity index is 641. The summed E-state index contributed by atoms with van der Waals surface area (Å²) < 4.78 is 5.71. The average Bonchev–Trinajstić information content (AvgIpc) is 2.67. The van der Waals surface area contributed by atoms with Gasteiger partial charge in [0.05, 0.1) is 17.6 Å². The van der Waals surface area contributed by atoms with Crippen LogP contribution in [0.5, 0.6) is 5.75 Å². The van der Waals surface area contributed by atoms with E-state index >= 15 is 0 Å². The van der Waals surface area contributed by atoms with E-state index in [1.54, 1.807) is 11.0 Å². The molecule has 3 N–H and O–H groups in total. The summed E-state index contributed by atoms with van der Waals surface area (Å²) in [7, 11) is 0. The number of ether oxygens (including phenoxy) is 1. The third-order valence-electron chi connectivity index (χ3n) is 4.66. The Morgan fingerprint density at radius 1 is 1.17 bits per heavy atom. The largest absolute Gasteiger partial charge is 0.491 e. The SMILES string of the molecule is CC(C)[C@H](N)C(=O)NCC(=O)N1CCN(CCOc2ccccc2Cl)CC1.Cl.Cl. The Hall–Kier alpha value is -1.25. The first-order chi connectivity index (χ1) is 12.9. The molecule has 1 aliphatic rings. The molecule has 0 unspecified atom stereocenters. The molecule has 0 spiro atoms. The van der Waals surface area contributed by atoms with Crippen molar-refractivity contribution in [3.05, 3.63) is 29.3 Å². The van der Waals surface area contributed by atoms with E-state index in [0.717, 1.165) is 19.6 Å². The molecule has 0 bridgehead atoms. The zero-order valence-corrected chi connectivity index (χ0v) is 19.2. The van der Waals surface area contributed by atoms with Gasteiger partial charge in [0.2, 0.25) is 11.8 Å². The normalized spacial score (nSPS) is 15.1. The maximum Gasteiger partial charge on any atom is 0.242 e. The van der Waals surface area contributed by atoms with Crippen molar-refractivity contribution >= 4 is 48.2 Å². The summed E-state index contributed by atoms with van der Waals surface area (Å²) in [5, 5.41) is 3.23. The van der Waals surface area contributed by atoms with Gasteiger partial charge in [-0.2, -0.15) is 0 Å². The van der Waals surface area contributed by atoms with E-state index in [0.29, 0.717) is 30.5 Å². The zero-order valence-electron chi connectivity index (χ0n) is 16.8. The van der Waals surface area contributed by atoms with Crippen LogP contribution in [0.2, 0.25) is 5.02 Å². The Labute approximate surface area is 190 Å². The lowest BCUT2D eigenvalue weighted by molar-refractivity contribution is -0.134. The third-order valence-corrected chi connectivity index (χ3v) is 4.97. The molecule has 1 atom stereocenters. The molecule has 1 aliphatic heterocycles. The molecule has 0 radical (unpaired) electrons. The molecule has 1 fully saturated rings. The lowest BCUT2D eigenvalue weighted by atomic mass is 10.1. The van der Waals surface area contributed by atoms with Crippen molar-refractivity contribution in [2.45, 2.75) is 19.9 Å². The van der Waals surface area contributed by atoms with Gasteiger partial charge in [0.15, 0.2) is 0 Å². The van der Waals surface area contributed by atoms with Crippen LogP contribution in [0.3, 0.4) is 0 Å². The first-order valence-corrected chi connectivity index (χ1v) is 9.67. The number of nitrogens with one attached hydrogen (secondary N) is 1. The number of piperazine rings is 1. The molecular formula is C19H31Cl3N4O3. The third kappa shape index (κ3) is 8.97. The topological polar surface area (TPSA) is 87.9 Å². The number of nitrogens with zero attached hydrogens (tertiary/aromatic N) is 2. The molecule has 2 amide bonds. The second-order valence-corrected chi connectivity index (χ2v) is 7.40. The quantitative estimate of drug-likeness (QED) is 0.606. The number of halogens is 3. The molecule has 2 rings (SSSR count). The van der Waals surface area contributed by atoms with Crippen LogP contribution >= 0.6 is 36.4 Å². The summed E-state index contributed by atoms with van der Waals surface area (Å²) in [4.78, 5) is 28.1. The maximum atomic E-state index is 12.3. The molecule has 7 nitrogen and oxygen atoms in total. The number of carbonyl (C=O) groups excluding carboxylic acids is 2. The highest BCUT2D eigenvalue weighted by molar-refractivity contribution is 6.32. The Morgan fingerprint density at radius 2 is 1.79 bits per heavy atom. The van der Waals surface area contributed by atoms with E-state index in [1.807, 2.05) is 32.0 Å². The standard InChI is InChI=1S/C19H29ClN4O3.2ClH/c1-14(2)18(21)19(26)22-13-17(25)24-9-7-23(8-10-24)11-12-27-16-6-4-3-5-15(16)20;;/h3-6,14,18H,7-13,21H2,1-2H3,(H,22,26);2*1H/t18-;;/m0../s1. The number of carbonyl (C=O) groups is 2. The van der Waals surface area contributed by atoms with E-state index < -0.39 is 6.04 Å². The van der Waals surface area contributed by atoms with Crippen LogP contribution in [0, 0.1) is 5.92 Å². The van der Waals surface area contributed by atoms with Crippen LogP contribution in [0.15, 0.2) is 24.3 Å². The minimum atomic E-state index is -0.590. The number of hydrogen-bond donors (Lipinski definition) is 2. The Kier molecular flexibility index (Phi) is 13.3. The zero-order chi connectivity index (χ0) is 19.8. The van der Waals surface area contributed by atoms with Crippen molar-refractivity contribution in [2.24, 2.45) is 11.7 Å². The number of rotatable bonds is 8. The molecule has 0 aromatic heterocycles. The summed E-state index contributed by atoms with van der Waals surface area (Å²) in [6, 6.07) is 6.81. The van der Waals surface area contributed by atoms with Crippen molar-refractivity contribution in [1.82, 2.24) is 15.1 Å². The molecule has 1 saturated heterocycles. The van der Waals surface area contributed by atoms with E-state index in [9.17, 15) is 9.59 Å². The van der Waals surface area contributed by atoms with Crippen molar-refractivity contribution in [2.75, 3.05) is 45.9 Å². The van der Waals surface area contributed by atoms with Crippen LogP contribution in [0.4, 0.5) is 0 Å². The fraction of sp³-hybridized carbons (Fsp3) is 0.579. The summed E-state index contributed by atoms with van der Waals surface area (Å²) >= 11 is 6.07. The summed E-state index contributed by atoms with van der Waals surface area (Å²) in [6.07, 6.45) is 0. The summed E-state index contributed by atoms with van der Waals surface area (Å²) in [5.41, 5.74) is 5.78. The first-order valence-electron chi connectivity index (χ1n) is 9.29. The fourth-order valence-electron chi connectivity index (χ4n) is 2.76. The van der Waals surface area contributed by atoms with Gasteiger partial charge in [-0.1, -0.05) is 37.6 Å². The fourth-order valence-corrected chi connectivity index (χ4v) is 2.95. The van der Waals surface area contributed by atoms with Crippen molar-refractivity contribution < 1.29 is 14.3 Å². The van der Waals surface area contributed by atoms with Crippen LogP contribution in [-0.2, 0) is 9.59 Å². The number of para-hydroxylation sites is 1. The summed E-state index contributed by atoms with van der Waals surface area (Å²) in [6.45, 7) is 7.88. The average molecular weight is 470 g/mol. The number of nitrogens with two attached hydrogens (primary N) is 1. The van der Waals surface area contributed by atoms with E-state index in [1.165, 1.54) is 0 Å². The smallest absolute Gasteiger partial charge is 0.242 e. The van der Waals surface area contributed by atoms with E-state index in [-0.39, 0.29) is 49.1 Å². The monoisotopic (exact) mass is 468 g/mol. The molecule has 166 valence electrons. The van der Waals surface area contributed by atoms with Crippen molar-refractivity contribution in [3.8, 4) is 5.75 Å². The maximum absolute atomic E-state index is 12.3. The van der Waals surface area contributed by atoms with Crippen molar-refractivity contribution in [1.29, 1.82) is 0 Å². The number of amides is 2. The van der Waals surface area contributed by atoms with Crippen LogP contribution < -0.4 is 15.8 Å². The highest BCUT2D eigenvalue weighted by Gasteiger charge is 2.23. The molecule has 29 heavy (non-hydrogen) atoms. The summed E-state index contributed by atoms with van der Waals surface area (Å²) in [5.74, 6) is 0.361. The van der Waals surface area contributed by atoms with Gasteiger partial charge in [0.25, 0.3) is 0 Å². The molecule has 1 heterocycles. The highest BCUT2D eigenvalue weighted by atomic mass is 35.5. The van der Waals surface area contributed by atoms with Gasteiger partial charge >= 0.3 is 0 Å². The first kappa shape index (κ1) is 27.8. The Balaban J connectivity index is 0.00000392. The number of hydrogen-bond acceptors (Lipinski definition) is 5. The molecule has 1 aromatic carbocycles. The molecule has 0 saturated carbocycles. The van der Waals surface area contributed by atoms with Gasteiger partial charge in [-0.05, 0) is 18.1 Å². The van der Waals surface area contributed by atoms with Crippen LogP contribution in [0.25, 0.3) is 0 Å². The highest BCUT2D eigenvalue weighted by Crippen LogP contribution is 2.22. The molecular weight excluding hydrogens is 439 g/mol. The minimum absolute atomic E-state index is 0. The van der Waals surface area contributed by atoms with Crippen LogP contribution in [0.1, 0.15) is 13.8 Å². The van der Waals surface area contributed by atoms with Gasteiger partial charge in [-0.25, -0.2) is 0 Å².